The molecule has 0 aliphatic heterocycles. The molecule has 1 N–H and O–H groups in total. The first-order chi connectivity index (χ1) is 7.67. The van der Waals surface area contributed by atoms with Crippen LogP contribution in [0.15, 0.2) is 5.38 Å². The Morgan fingerprint density at radius 1 is 1.69 bits per heavy atom. The molecule has 0 radical (unpaired) electrons. The van der Waals surface area contributed by atoms with Crippen LogP contribution < -0.4 is 5.32 Å². The number of esters is 1. The van der Waals surface area contributed by atoms with Crippen LogP contribution in [0.2, 0.25) is 0 Å². The molecular weight excluding hydrogens is 248 g/mol. The highest BCUT2D eigenvalue weighted by atomic mass is 32.2. The molecule has 1 heterocycles. The third-order valence-electron chi connectivity index (χ3n) is 1.83. The first kappa shape index (κ1) is 13.1. The molecule has 5 nitrogen and oxygen atoms in total. The molecule has 0 fully saturated rings. The number of nitrogens with one attached hydrogen (secondary N) is 1. The molecule has 1 rings (SSSR count). The summed E-state index contributed by atoms with van der Waals surface area (Å²) in [5.74, 6) is 0.804. The predicted molar refractivity (Wildman–Crippen MR) is 65.5 cm³/mol. The molecule has 1 aromatic heterocycles. The minimum atomic E-state index is -0.782. The Morgan fingerprint density at radius 3 is 3.06 bits per heavy atom. The fourth-order valence-electron chi connectivity index (χ4n) is 0.969. The zero-order valence-corrected chi connectivity index (χ0v) is 10.8. The van der Waals surface area contributed by atoms with Gasteiger partial charge in [-0.2, -0.15) is 0 Å². The van der Waals surface area contributed by atoms with Crippen LogP contribution in [0.3, 0.4) is 0 Å². The summed E-state index contributed by atoms with van der Waals surface area (Å²) in [6, 6.07) is 0. The number of anilines is 1. The Balaban J connectivity index is 2.41. The van der Waals surface area contributed by atoms with Crippen molar-refractivity contribution in [2.45, 2.75) is 6.92 Å². The number of ether oxygens (including phenoxy) is 1. The van der Waals surface area contributed by atoms with E-state index in [1.807, 2.05) is 6.92 Å². The molecule has 0 aliphatic rings. The quantitative estimate of drug-likeness (QED) is 0.778. The second-order valence-electron chi connectivity index (χ2n) is 2.89. The van der Waals surface area contributed by atoms with E-state index < -0.39 is 16.8 Å². The van der Waals surface area contributed by atoms with E-state index in [2.05, 4.69) is 15.0 Å². The van der Waals surface area contributed by atoms with Crippen LogP contribution in [0.4, 0.5) is 5.13 Å². The van der Waals surface area contributed by atoms with Crippen LogP contribution in [0.25, 0.3) is 0 Å². The van der Waals surface area contributed by atoms with Crippen molar-refractivity contribution in [3.05, 3.63) is 11.1 Å². The lowest BCUT2D eigenvalue weighted by molar-refractivity contribution is 0.0595. The number of carbonyl (C=O) groups excluding carboxylic acids is 1. The van der Waals surface area contributed by atoms with Crippen LogP contribution in [0.1, 0.15) is 17.4 Å². The topological polar surface area (TPSA) is 68.3 Å². The van der Waals surface area contributed by atoms with E-state index in [1.54, 1.807) is 5.38 Å². The van der Waals surface area contributed by atoms with Gasteiger partial charge in [-0.05, 0) is 0 Å². The molecule has 90 valence electrons. The van der Waals surface area contributed by atoms with Crippen molar-refractivity contribution in [2.24, 2.45) is 0 Å². The van der Waals surface area contributed by atoms with Gasteiger partial charge in [0, 0.05) is 34.2 Å². The van der Waals surface area contributed by atoms with Crippen molar-refractivity contribution in [1.82, 2.24) is 4.98 Å². The SMILES string of the molecule is CCS(=O)CCNc1nc(C(=O)OC)cs1. The molecule has 0 aliphatic carbocycles. The molecule has 16 heavy (non-hydrogen) atoms. The molecule has 1 aromatic rings. The number of thiazole rings is 1. The van der Waals surface area contributed by atoms with Gasteiger partial charge in [0.1, 0.15) is 0 Å². The van der Waals surface area contributed by atoms with Gasteiger partial charge in [-0.1, -0.05) is 6.92 Å². The zero-order valence-electron chi connectivity index (χ0n) is 9.19. The lowest BCUT2D eigenvalue weighted by Gasteiger charge is -2.00. The van der Waals surface area contributed by atoms with Gasteiger partial charge in [-0.3, -0.25) is 4.21 Å². The summed E-state index contributed by atoms with van der Waals surface area (Å²) in [6.45, 7) is 2.48. The Bertz CT molecular complexity index is 379. The summed E-state index contributed by atoms with van der Waals surface area (Å²) in [4.78, 5) is 15.1. The van der Waals surface area contributed by atoms with Crippen LogP contribution in [0, 0.1) is 0 Å². The maximum atomic E-state index is 11.1. The van der Waals surface area contributed by atoms with Crippen molar-refractivity contribution < 1.29 is 13.7 Å². The van der Waals surface area contributed by atoms with Gasteiger partial charge in [0.2, 0.25) is 0 Å². The fourth-order valence-corrected chi connectivity index (χ4v) is 2.30. The molecule has 7 heteroatoms. The number of carbonyl (C=O) groups is 1. The molecule has 0 saturated carbocycles. The minimum Gasteiger partial charge on any atom is -0.464 e. The summed E-state index contributed by atoms with van der Waals surface area (Å²) >= 11 is 1.33. The summed E-state index contributed by atoms with van der Waals surface area (Å²) in [5, 5.41) is 5.29. The highest BCUT2D eigenvalue weighted by Crippen LogP contribution is 2.15. The van der Waals surface area contributed by atoms with Crippen LogP contribution >= 0.6 is 11.3 Å². The van der Waals surface area contributed by atoms with Gasteiger partial charge in [-0.15, -0.1) is 11.3 Å². The predicted octanol–water partition coefficient (Wildman–Crippen LogP) is 1.11. The van der Waals surface area contributed by atoms with Gasteiger partial charge in [0.05, 0.1) is 7.11 Å². The van der Waals surface area contributed by atoms with Crippen molar-refractivity contribution in [3.63, 3.8) is 0 Å². The van der Waals surface area contributed by atoms with Crippen LogP contribution in [-0.4, -0.2) is 40.3 Å². The molecule has 0 saturated heterocycles. The highest BCUT2D eigenvalue weighted by molar-refractivity contribution is 7.84. The van der Waals surface area contributed by atoms with E-state index in [0.717, 1.165) is 0 Å². The van der Waals surface area contributed by atoms with Crippen LogP contribution in [0.5, 0.6) is 0 Å². The lowest BCUT2D eigenvalue weighted by Crippen LogP contribution is -2.12. The van der Waals surface area contributed by atoms with Crippen molar-refractivity contribution in [2.75, 3.05) is 30.5 Å². The standard InChI is InChI=1S/C9H14N2O3S2/c1-3-16(13)5-4-10-9-11-7(6-15-9)8(12)14-2/h6H,3-5H2,1-2H3,(H,10,11). The van der Waals surface area contributed by atoms with E-state index in [0.29, 0.717) is 28.9 Å². The number of hydrogen-bond donors (Lipinski definition) is 1. The molecule has 0 amide bonds. The van der Waals surface area contributed by atoms with E-state index in [-0.39, 0.29) is 0 Å². The molecule has 0 bridgehead atoms. The Morgan fingerprint density at radius 2 is 2.44 bits per heavy atom. The molecule has 0 spiro atoms. The fraction of sp³-hybridized carbons (Fsp3) is 0.556. The summed E-state index contributed by atoms with van der Waals surface area (Å²) in [5.41, 5.74) is 0.298. The first-order valence-corrected chi connectivity index (χ1v) is 7.16. The average molecular weight is 262 g/mol. The van der Waals surface area contributed by atoms with Crippen molar-refractivity contribution >= 4 is 33.2 Å². The maximum Gasteiger partial charge on any atom is 0.357 e. The maximum absolute atomic E-state index is 11.1. The van der Waals surface area contributed by atoms with E-state index in [9.17, 15) is 9.00 Å². The number of hydrogen-bond acceptors (Lipinski definition) is 6. The normalized spacial score (nSPS) is 12.1. The second kappa shape index (κ2) is 6.59. The van der Waals surface area contributed by atoms with Gasteiger partial charge in [-0.25, -0.2) is 9.78 Å². The van der Waals surface area contributed by atoms with Crippen LogP contribution in [-0.2, 0) is 15.5 Å². The first-order valence-electron chi connectivity index (χ1n) is 4.80. The average Bonchev–Trinajstić information content (AvgIpc) is 2.76. The molecule has 1 unspecified atom stereocenters. The summed E-state index contributed by atoms with van der Waals surface area (Å²) in [6.07, 6.45) is 0. The number of methoxy groups -OCH3 is 1. The Labute approximate surface area is 101 Å². The third-order valence-corrected chi connectivity index (χ3v) is 3.93. The monoisotopic (exact) mass is 262 g/mol. The lowest BCUT2D eigenvalue weighted by atomic mass is 10.5. The number of aromatic nitrogens is 1. The van der Waals surface area contributed by atoms with Gasteiger partial charge in [0.25, 0.3) is 0 Å². The van der Waals surface area contributed by atoms with Gasteiger partial charge >= 0.3 is 5.97 Å². The third kappa shape index (κ3) is 3.90. The minimum absolute atomic E-state index is 0.298. The van der Waals surface area contributed by atoms with E-state index in [4.69, 9.17) is 0 Å². The Kier molecular flexibility index (Phi) is 5.41. The molecule has 0 aromatic carbocycles. The smallest absolute Gasteiger partial charge is 0.357 e. The molecule has 1 atom stereocenters. The second-order valence-corrected chi connectivity index (χ2v) is 5.61. The van der Waals surface area contributed by atoms with Gasteiger partial charge < -0.3 is 10.1 Å². The van der Waals surface area contributed by atoms with E-state index >= 15 is 0 Å². The highest BCUT2D eigenvalue weighted by Gasteiger charge is 2.10. The van der Waals surface area contributed by atoms with Crippen molar-refractivity contribution in [1.29, 1.82) is 0 Å². The summed E-state index contributed by atoms with van der Waals surface area (Å²) in [7, 11) is 0.537. The summed E-state index contributed by atoms with van der Waals surface area (Å²) < 4.78 is 15.7. The molecular formula is C9H14N2O3S2. The van der Waals surface area contributed by atoms with E-state index in [1.165, 1.54) is 18.4 Å². The zero-order chi connectivity index (χ0) is 12.0. The Hall–Kier alpha value is -0.950. The number of rotatable bonds is 6. The van der Waals surface area contributed by atoms with Crippen molar-refractivity contribution in [3.8, 4) is 0 Å². The van der Waals surface area contributed by atoms with Gasteiger partial charge in [0.15, 0.2) is 10.8 Å². The largest absolute Gasteiger partial charge is 0.464 e. The number of nitrogens with zero attached hydrogens (tertiary/aromatic N) is 1.